The van der Waals surface area contributed by atoms with E-state index < -0.39 is 23.9 Å². The van der Waals surface area contributed by atoms with Crippen molar-refractivity contribution in [3.8, 4) is 0 Å². The summed E-state index contributed by atoms with van der Waals surface area (Å²) in [6, 6.07) is -1.28. The van der Waals surface area contributed by atoms with Gasteiger partial charge >= 0.3 is 11.9 Å². The van der Waals surface area contributed by atoms with Gasteiger partial charge in [0.1, 0.15) is 25.5 Å². The Morgan fingerprint density at radius 2 is 2.06 bits per heavy atom. The first-order chi connectivity index (χ1) is 8.50. The fraction of sp³-hybridized carbons (Fsp3) is 0.500. The summed E-state index contributed by atoms with van der Waals surface area (Å²) in [6.07, 6.45) is 0.535. The normalized spacial score (nSPS) is 15.7. The van der Waals surface area contributed by atoms with E-state index in [0.717, 1.165) is 6.26 Å². The molecule has 1 heterocycles. The van der Waals surface area contributed by atoms with E-state index in [-0.39, 0.29) is 25.2 Å². The average molecular weight is 259 g/mol. The number of hydrogen-bond donors (Lipinski definition) is 3. The van der Waals surface area contributed by atoms with Crippen molar-refractivity contribution in [1.82, 2.24) is 5.32 Å². The summed E-state index contributed by atoms with van der Waals surface area (Å²) >= 11 is 0. The lowest BCUT2D eigenvalue weighted by Crippen LogP contribution is -2.42. The molecule has 0 saturated carbocycles. The summed E-state index contributed by atoms with van der Waals surface area (Å²) in [4.78, 5) is 32.7. The van der Waals surface area contributed by atoms with Crippen LogP contribution in [0.25, 0.3) is 0 Å². The van der Waals surface area contributed by atoms with Gasteiger partial charge in [-0.3, -0.25) is 9.59 Å². The minimum absolute atomic E-state index is 0.122. The molecule has 1 aliphatic heterocycles. The van der Waals surface area contributed by atoms with Crippen molar-refractivity contribution >= 4 is 17.8 Å². The van der Waals surface area contributed by atoms with Crippen LogP contribution in [0.5, 0.6) is 0 Å². The van der Waals surface area contributed by atoms with Crippen LogP contribution >= 0.6 is 0 Å². The van der Waals surface area contributed by atoms with Crippen molar-refractivity contribution in [2.45, 2.75) is 18.9 Å². The molecule has 8 nitrogen and oxygen atoms in total. The molecule has 0 aliphatic carbocycles. The third-order valence-corrected chi connectivity index (χ3v) is 2.12. The Morgan fingerprint density at radius 1 is 1.33 bits per heavy atom. The number of nitrogens with one attached hydrogen (secondary N) is 1. The molecular weight excluding hydrogens is 246 g/mol. The molecule has 1 amide bonds. The van der Waals surface area contributed by atoms with Crippen molar-refractivity contribution in [3.63, 3.8) is 0 Å². The summed E-state index contributed by atoms with van der Waals surface area (Å²) in [5.41, 5.74) is 0. The number of carbonyl (C=O) groups is 3. The second kappa shape index (κ2) is 6.48. The Balaban J connectivity index is 2.54. The van der Waals surface area contributed by atoms with E-state index in [9.17, 15) is 14.4 Å². The first-order valence-corrected chi connectivity index (χ1v) is 5.20. The molecular formula is C10H13NO7. The number of hydrogen-bond acceptors (Lipinski definition) is 5. The fourth-order valence-electron chi connectivity index (χ4n) is 1.24. The van der Waals surface area contributed by atoms with E-state index >= 15 is 0 Å². The molecule has 0 aromatic heterocycles. The van der Waals surface area contributed by atoms with E-state index in [0.29, 0.717) is 6.61 Å². The Labute approximate surface area is 102 Å². The van der Waals surface area contributed by atoms with Gasteiger partial charge < -0.3 is 25.0 Å². The molecule has 0 spiro atoms. The SMILES string of the molecule is O=C(O)CC[C@H](NC(=O)C1=COCCO1)C(=O)O. The zero-order valence-corrected chi connectivity index (χ0v) is 9.42. The average Bonchev–Trinajstić information content (AvgIpc) is 2.34. The van der Waals surface area contributed by atoms with Crippen molar-refractivity contribution in [2.75, 3.05) is 13.2 Å². The predicted octanol–water partition coefficient (Wildman–Crippen LogP) is -0.691. The number of rotatable bonds is 6. The largest absolute Gasteiger partial charge is 0.494 e. The van der Waals surface area contributed by atoms with Gasteiger partial charge in [0.15, 0.2) is 0 Å². The maximum Gasteiger partial charge on any atom is 0.326 e. The third kappa shape index (κ3) is 4.32. The van der Waals surface area contributed by atoms with Crippen LogP contribution in [-0.2, 0) is 23.9 Å². The fourth-order valence-corrected chi connectivity index (χ4v) is 1.24. The second-order valence-electron chi connectivity index (χ2n) is 3.50. The molecule has 0 aromatic carbocycles. The lowest BCUT2D eigenvalue weighted by atomic mass is 10.1. The molecule has 0 saturated heterocycles. The van der Waals surface area contributed by atoms with Gasteiger partial charge in [0.25, 0.3) is 5.91 Å². The van der Waals surface area contributed by atoms with Crippen LogP contribution in [0.1, 0.15) is 12.8 Å². The van der Waals surface area contributed by atoms with Crippen LogP contribution in [0.3, 0.4) is 0 Å². The highest BCUT2D eigenvalue weighted by atomic mass is 16.6. The lowest BCUT2D eigenvalue weighted by Gasteiger charge is -2.18. The van der Waals surface area contributed by atoms with E-state index in [1.54, 1.807) is 0 Å². The molecule has 0 unspecified atom stereocenters. The Kier molecular flexibility index (Phi) is 4.97. The predicted molar refractivity (Wildman–Crippen MR) is 56.4 cm³/mol. The molecule has 0 aromatic rings. The van der Waals surface area contributed by atoms with E-state index in [1.807, 2.05) is 0 Å². The maximum atomic E-state index is 11.6. The third-order valence-electron chi connectivity index (χ3n) is 2.12. The van der Waals surface area contributed by atoms with E-state index in [1.165, 1.54) is 0 Å². The number of carbonyl (C=O) groups excluding carboxylic acids is 1. The smallest absolute Gasteiger partial charge is 0.326 e. The molecule has 0 fully saturated rings. The van der Waals surface area contributed by atoms with Gasteiger partial charge in [-0.25, -0.2) is 4.79 Å². The van der Waals surface area contributed by atoms with Crippen molar-refractivity contribution in [1.29, 1.82) is 0 Å². The van der Waals surface area contributed by atoms with Crippen LogP contribution in [0.2, 0.25) is 0 Å². The van der Waals surface area contributed by atoms with Crippen LogP contribution in [-0.4, -0.2) is 47.3 Å². The molecule has 1 atom stereocenters. The number of carboxylic acid groups (broad SMARTS) is 2. The standard InChI is InChI=1S/C10H13NO7/c12-8(13)2-1-6(10(15)16)11-9(14)7-5-17-3-4-18-7/h5-6H,1-4H2,(H,11,14)(H,12,13)(H,15,16)/t6-/m0/s1. The number of aliphatic carboxylic acids is 2. The molecule has 18 heavy (non-hydrogen) atoms. The van der Waals surface area contributed by atoms with Crippen LogP contribution in [0.15, 0.2) is 12.0 Å². The van der Waals surface area contributed by atoms with Crippen molar-refractivity contribution in [3.05, 3.63) is 12.0 Å². The zero-order valence-electron chi connectivity index (χ0n) is 9.42. The Morgan fingerprint density at radius 3 is 2.56 bits per heavy atom. The van der Waals surface area contributed by atoms with E-state index in [4.69, 9.17) is 19.7 Å². The molecule has 0 radical (unpaired) electrons. The highest BCUT2D eigenvalue weighted by Gasteiger charge is 2.24. The van der Waals surface area contributed by atoms with Crippen LogP contribution in [0.4, 0.5) is 0 Å². The highest BCUT2D eigenvalue weighted by Crippen LogP contribution is 2.06. The molecule has 1 aliphatic rings. The summed E-state index contributed by atoms with van der Waals surface area (Å²) in [5.74, 6) is -3.30. The minimum Gasteiger partial charge on any atom is -0.494 e. The van der Waals surface area contributed by atoms with E-state index in [2.05, 4.69) is 5.32 Å². The van der Waals surface area contributed by atoms with Gasteiger partial charge in [-0.1, -0.05) is 0 Å². The molecule has 100 valence electrons. The Bertz CT molecular complexity index is 376. The van der Waals surface area contributed by atoms with Gasteiger partial charge in [-0.2, -0.15) is 0 Å². The maximum absolute atomic E-state index is 11.6. The number of ether oxygens (including phenoxy) is 2. The highest BCUT2D eigenvalue weighted by molar-refractivity contribution is 5.94. The van der Waals surface area contributed by atoms with Gasteiger partial charge in [0, 0.05) is 6.42 Å². The summed E-state index contributed by atoms with van der Waals surface area (Å²) in [6.45, 7) is 0.518. The zero-order chi connectivity index (χ0) is 13.5. The number of carboxylic acids is 2. The van der Waals surface area contributed by atoms with Crippen LogP contribution in [0, 0.1) is 0 Å². The molecule has 0 bridgehead atoms. The molecule has 3 N–H and O–H groups in total. The van der Waals surface area contributed by atoms with Crippen LogP contribution < -0.4 is 5.32 Å². The lowest BCUT2D eigenvalue weighted by molar-refractivity contribution is -0.143. The van der Waals surface area contributed by atoms with Crippen molar-refractivity contribution < 1.29 is 34.1 Å². The van der Waals surface area contributed by atoms with Crippen molar-refractivity contribution in [2.24, 2.45) is 0 Å². The second-order valence-corrected chi connectivity index (χ2v) is 3.50. The van der Waals surface area contributed by atoms with Gasteiger partial charge in [-0.15, -0.1) is 0 Å². The topological polar surface area (TPSA) is 122 Å². The first kappa shape index (κ1) is 13.8. The Hall–Kier alpha value is -2.25. The van der Waals surface area contributed by atoms with Gasteiger partial charge in [0.2, 0.25) is 5.76 Å². The van der Waals surface area contributed by atoms with Gasteiger partial charge in [-0.05, 0) is 6.42 Å². The minimum atomic E-state index is -1.30. The number of amides is 1. The molecule has 8 heteroatoms. The first-order valence-electron chi connectivity index (χ1n) is 5.20. The summed E-state index contributed by atoms with van der Waals surface area (Å²) in [7, 11) is 0. The summed E-state index contributed by atoms with van der Waals surface area (Å²) in [5, 5.41) is 19.5. The quantitative estimate of drug-likeness (QED) is 0.577. The summed E-state index contributed by atoms with van der Waals surface area (Å²) < 4.78 is 9.81. The van der Waals surface area contributed by atoms with Gasteiger partial charge in [0.05, 0.1) is 0 Å². The molecule has 1 rings (SSSR count). The monoisotopic (exact) mass is 259 g/mol.